The lowest BCUT2D eigenvalue weighted by molar-refractivity contribution is 0.0696. The molecule has 0 aliphatic heterocycles. The van der Waals surface area contributed by atoms with Gasteiger partial charge in [-0.2, -0.15) is 0 Å². The van der Waals surface area contributed by atoms with E-state index >= 15 is 0 Å². The molecule has 0 amide bonds. The predicted octanol–water partition coefficient (Wildman–Crippen LogP) is 4.58. The first-order chi connectivity index (χ1) is 15.4. The topological polar surface area (TPSA) is 107 Å². The maximum Gasteiger partial charge on any atom is 0.337 e. The van der Waals surface area contributed by atoms with Gasteiger partial charge in [0.05, 0.1) is 17.8 Å². The van der Waals surface area contributed by atoms with Crippen molar-refractivity contribution in [1.82, 2.24) is 9.55 Å². The van der Waals surface area contributed by atoms with E-state index in [0.717, 1.165) is 38.8 Å². The van der Waals surface area contributed by atoms with Gasteiger partial charge in [0.25, 0.3) is 0 Å². The second kappa shape index (κ2) is 10.9. The van der Waals surface area contributed by atoms with Gasteiger partial charge in [-0.15, -0.1) is 11.3 Å². The van der Waals surface area contributed by atoms with Gasteiger partial charge in [0.15, 0.2) is 0 Å². The quantitative estimate of drug-likeness (QED) is 0.400. The van der Waals surface area contributed by atoms with Crippen LogP contribution in [0, 0.1) is 13.8 Å². The van der Waals surface area contributed by atoms with Gasteiger partial charge < -0.3 is 21.1 Å². The molecule has 4 rings (SSSR count). The van der Waals surface area contributed by atoms with Crippen LogP contribution in [0.3, 0.4) is 0 Å². The Morgan fingerprint density at radius 1 is 1.00 bits per heavy atom. The lowest BCUT2D eigenvalue weighted by atomic mass is 10.1. The highest BCUT2D eigenvalue weighted by Gasteiger charge is 2.15. The molecule has 0 fully saturated rings. The van der Waals surface area contributed by atoms with E-state index in [0.29, 0.717) is 25.2 Å². The third kappa shape index (κ3) is 5.70. The number of thiazole rings is 1. The first kappa shape index (κ1) is 23.4. The van der Waals surface area contributed by atoms with Gasteiger partial charge in [-0.05, 0) is 31.0 Å². The summed E-state index contributed by atoms with van der Waals surface area (Å²) < 4.78 is 1.99. The fourth-order valence-corrected chi connectivity index (χ4v) is 4.14. The molecule has 0 spiro atoms. The van der Waals surface area contributed by atoms with Crippen molar-refractivity contribution < 1.29 is 9.90 Å². The predicted molar refractivity (Wildman–Crippen MR) is 130 cm³/mol. The first-order valence-corrected chi connectivity index (χ1v) is 11.2. The van der Waals surface area contributed by atoms with Crippen LogP contribution in [0.5, 0.6) is 0 Å². The Bertz CT molecular complexity index is 1140. The molecule has 32 heavy (non-hydrogen) atoms. The molecule has 0 saturated heterocycles. The normalized spacial score (nSPS) is 10.5. The number of rotatable bonds is 6. The maximum absolute atomic E-state index is 11.2. The van der Waals surface area contributed by atoms with Crippen LogP contribution in [0.4, 0.5) is 0 Å². The zero-order valence-corrected chi connectivity index (χ0v) is 19.1. The first-order valence-electron chi connectivity index (χ1n) is 10.3. The monoisotopic (exact) mass is 448 g/mol. The van der Waals surface area contributed by atoms with Gasteiger partial charge in [0.2, 0.25) is 0 Å². The molecule has 7 heteroatoms. The molecule has 0 aliphatic rings. The molecule has 4 aromatic rings. The summed E-state index contributed by atoms with van der Waals surface area (Å²) in [5, 5.41) is 12.2. The zero-order chi connectivity index (χ0) is 23.1. The molecule has 0 atom stereocenters. The van der Waals surface area contributed by atoms with E-state index in [1.54, 1.807) is 17.4 Å². The van der Waals surface area contributed by atoms with Crippen molar-refractivity contribution in [3.8, 4) is 10.6 Å². The van der Waals surface area contributed by atoms with Crippen LogP contribution >= 0.6 is 11.3 Å². The van der Waals surface area contributed by atoms with Crippen LogP contribution in [0.2, 0.25) is 0 Å². The van der Waals surface area contributed by atoms with Crippen molar-refractivity contribution in [2.24, 2.45) is 11.5 Å². The summed E-state index contributed by atoms with van der Waals surface area (Å²) in [5.41, 5.74) is 17.2. The molecule has 0 saturated carbocycles. The summed E-state index contributed by atoms with van der Waals surface area (Å²) in [5.74, 6) is -0.886. The average Bonchev–Trinajstić information content (AvgIpc) is 3.40. The molecule has 166 valence electrons. The van der Waals surface area contributed by atoms with Crippen molar-refractivity contribution in [1.29, 1.82) is 0 Å². The fourth-order valence-electron chi connectivity index (χ4n) is 3.33. The van der Waals surface area contributed by atoms with Gasteiger partial charge in [-0.3, -0.25) is 0 Å². The van der Waals surface area contributed by atoms with Gasteiger partial charge in [-0.1, -0.05) is 54.6 Å². The van der Waals surface area contributed by atoms with Gasteiger partial charge >= 0.3 is 5.97 Å². The van der Waals surface area contributed by atoms with Crippen LogP contribution in [-0.2, 0) is 19.6 Å². The minimum Gasteiger partial charge on any atom is -0.478 e. The Morgan fingerprint density at radius 2 is 1.59 bits per heavy atom. The van der Waals surface area contributed by atoms with Crippen molar-refractivity contribution in [2.45, 2.75) is 33.5 Å². The number of aromatic nitrogens is 2. The molecule has 0 aliphatic carbocycles. The molecule has 2 heterocycles. The van der Waals surface area contributed by atoms with Crippen LogP contribution in [-0.4, -0.2) is 20.6 Å². The van der Waals surface area contributed by atoms with E-state index in [-0.39, 0.29) is 0 Å². The molecule has 0 radical (unpaired) electrons. The molecule has 2 aromatic carbocycles. The molecule has 2 aromatic heterocycles. The average molecular weight is 449 g/mol. The van der Waals surface area contributed by atoms with Crippen LogP contribution in [0.1, 0.15) is 38.6 Å². The van der Waals surface area contributed by atoms with Crippen molar-refractivity contribution >= 4 is 17.3 Å². The van der Waals surface area contributed by atoms with Gasteiger partial charge in [-0.25, -0.2) is 9.78 Å². The summed E-state index contributed by atoms with van der Waals surface area (Å²) in [6.07, 6.45) is 0. The summed E-state index contributed by atoms with van der Waals surface area (Å²) in [6, 6.07) is 19.8. The fraction of sp³-hybridized carbons (Fsp3) is 0.200. The van der Waals surface area contributed by atoms with Crippen LogP contribution in [0.15, 0.2) is 66.0 Å². The number of carboxylic acids is 1. The van der Waals surface area contributed by atoms with E-state index in [1.807, 2.05) is 78.4 Å². The maximum atomic E-state index is 11.2. The number of carboxylic acid groups (broad SMARTS) is 1. The highest BCUT2D eigenvalue weighted by Crippen LogP contribution is 2.25. The number of nitrogens with two attached hydrogens (primary N) is 2. The number of carbonyl (C=O) groups is 1. The SMILES string of the molecule is Cc1cc(C(=O)O)c(C)n1Cc1csc(-c2ccccc2)n1.NCc1ccc(CN)cc1. The smallest absolute Gasteiger partial charge is 0.337 e. The standard InChI is InChI=1S/C17H16N2O2S.C8H12N2/c1-11-8-15(17(20)21)12(2)19(11)9-14-10-22-16(18-14)13-6-4-3-5-7-13;9-5-7-1-2-8(6-10)4-3-7/h3-8,10H,9H2,1-2H3,(H,20,21);1-4H,5-6,9-10H2. The van der Waals surface area contributed by atoms with Gasteiger partial charge in [0, 0.05) is 35.4 Å². The van der Waals surface area contributed by atoms with E-state index < -0.39 is 5.97 Å². The molecule has 0 unspecified atom stereocenters. The summed E-state index contributed by atoms with van der Waals surface area (Å²) >= 11 is 1.61. The van der Waals surface area contributed by atoms with E-state index in [2.05, 4.69) is 4.98 Å². The number of hydrogen-bond acceptors (Lipinski definition) is 5. The van der Waals surface area contributed by atoms with Crippen molar-refractivity contribution in [3.05, 3.63) is 99.8 Å². The highest BCUT2D eigenvalue weighted by molar-refractivity contribution is 7.13. The molecular weight excluding hydrogens is 420 g/mol. The largest absolute Gasteiger partial charge is 0.478 e. The minimum atomic E-state index is -0.886. The molecule has 5 N–H and O–H groups in total. The van der Waals surface area contributed by atoms with Gasteiger partial charge in [0.1, 0.15) is 5.01 Å². The minimum absolute atomic E-state index is 0.357. The molecule has 6 nitrogen and oxygen atoms in total. The number of benzene rings is 2. The molecular formula is C25H28N4O2S. The lowest BCUT2D eigenvalue weighted by Gasteiger charge is -2.07. The number of aromatic carboxylic acids is 1. The Kier molecular flexibility index (Phi) is 7.94. The Labute approximate surface area is 192 Å². The van der Waals surface area contributed by atoms with Crippen LogP contribution < -0.4 is 11.5 Å². The Hall–Kier alpha value is -3.26. The second-order valence-corrected chi connectivity index (χ2v) is 8.27. The summed E-state index contributed by atoms with van der Waals surface area (Å²) in [7, 11) is 0. The van der Waals surface area contributed by atoms with Crippen LogP contribution in [0.25, 0.3) is 10.6 Å². The van der Waals surface area contributed by atoms with Crippen molar-refractivity contribution in [2.75, 3.05) is 0 Å². The number of hydrogen-bond donors (Lipinski definition) is 3. The zero-order valence-electron chi connectivity index (χ0n) is 18.3. The summed E-state index contributed by atoms with van der Waals surface area (Å²) in [4.78, 5) is 15.9. The highest BCUT2D eigenvalue weighted by atomic mass is 32.1. The lowest BCUT2D eigenvalue weighted by Crippen LogP contribution is -2.06. The van der Waals surface area contributed by atoms with E-state index in [9.17, 15) is 9.90 Å². The molecule has 0 bridgehead atoms. The Balaban J connectivity index is 0.000000243. The summed E-state index contributed by atoms with van der Waals surface area (Å²) in [6.45, 7) is 5.55. The third-order valence-corrected chi connectivity index (χ3v) is 6.13. The Morgan fingerprint density at radius 3 is 2.09 bits per heavy atom. The second-order valence-electron chi connectivity index (χ2n) is 7.41. The third-order valence-electron chi connectivity index (χ3n) is 5.19. The van der Waals surface area contributed by atoms with E-state index in [1.165, 1.54) is 0 Å². The van der Waals surface area contributed by atoms with Crippen molar-refractivity contribution in [3.63, 3.8) is 0 Å². The number of aryl methyl sites for hydroxylation is 1. The van der Waals surface area contributed by atoms with E-state index in [4.69, 9.17) is 11.5 Å². The number of nitrogens with zero attached hydrogens (tertiary/aromatic N) is 2.